The fourth-order valence-electron chi connectivity index (χ4n) is 1.58. The normalized spacial score (nSPS) is 19.9. The summed E-state index contributed by atoms with van der Waals surface area (Å²) in [5, 5.41) is 11.1. The maximum Gasteiger partial charge on any atom is 0.441 e. The first-order valence-corrected chi connectivity index (χ1v) is 6.24. The molecule has 2 N–H and O–H groups in total. The summed E-state index contributed by atoms with van der Waals surface area (Å²) in [5.41, 5.74) is -4.30. The van der Waals surface area contributed by atoms with Gasteiger partial charge in [-0.25, -0.2) is 4.79 Å². The maximum atomic E-state index is 11.8. The molecule has 0 aromatic carbocycles. The number of carboxylic acid groups (broad SMARTS) is 1. The van der Waals surface area contributed by atoms with Gasteiger partial charge in [-0.2, -0.15) is 13.2 Å². The summed E-state index contributed by atoms with van der Waals surface area (Å²) < 4.78 is 35.4. The van der Waals surface area contributed by atoms with Crippen LogP contribution in [0.2, 0.25) is 0 Å². The molecule has 0 spiro atoms. The van der Waals surface area contributed by atoms with Gasteiger partial charge in [-0.3, -0.25) is 4.79 Å². The van der Waals surface area contributed by atoms with E-state index in [0.29, 0.717) is 13.0 Å². The van der Waals surface area contributed by atoms with E-state index >= 15 is 0 Å². The minimum atomic E-state index is -4.30. The van der Waals surface area contributed by atoms with Gasteiger partial charge in [0.1, 0.15) is 0 Å². The van der Waals surface area contributed by atoms with Crippen molar-refractivity contribution in [2.75, 3.05) is 25.4 Å². The molecule has 9 heteroatoms. The molecule has 2 amide bonds. The summed E-state index contributed by atoms with van der Waals surface area (Å²) in [6, 6.07) is -0.512. The number of likely N-dealkylation sites (tertiary alicyclic amines) is 1. The Labute approximate surface area is 106 Å². The standard InChI is InChI=1S/C9H13F3N2O3S/c10-9(11,12)18-4-2-13-8(17)14-3-1-6(5-14)7(15)16/h6H,1-5H2,(H,13,17)(H,15,16). The highest BCUT2D eigenvalue weighted by Gasteiger charge is 2.31. The number of carbonyl (C=O) groups is 2. The quantitative estimate of drug-likeness (QED) is 0.766. The molecular formula is C9H13F3N2O3S. The van der Waals surface area contributed by atoms with E-state index in [-0.39, 0.29) is 30.6 Å². The third-order valence-electron chi connectivity index (χ3n) is 2.47. The first-order chi connectivity index (χ1) is 8.29. The summed E-state index contributed by atoms with van der Waals surface area (Å²) in [5.74, 6) is -1.80. The molecule has 5 nitrogen and oxygen atoms in total. The number of hydrogen-bond acceptors (Lipinski definition) is 3. The van der Waals surface area contributed by atoms with Gasteiger partial charge in [-0.05, 0) is 18.2 Å². The third kappa shape index (κ3) is 5.03. The first kappa shape index (κ1) is 14.9. The van der Waals surface area contributed by atoms with Crippen LogP contribution < -0.4 is 5.32 Å². The maximum absolute atomic E-state index is 11.8. The second-order valence-electron chi connectivity index (χ2n) is 3.80. The molecule has 0 aromatic heterocycles. The van der Waals surface area contributed by atoms with Crippen molar-refractivity contribution in [2.24, 2.45) is 5.92 Å². The Bertz CT molecular complexity index is 325. The summed E-state index contributed by atoms with van der Waals surface area (Å²) in [6.07, 6.45) is 0.375. The van der Waals surface area contributed by atoms with Crippen molar-refractivity contribution in [3.8, 4) is 0 Å². The van der Waals surface area contributed by atoms with Crippen molar-refractivity contribution < 1.29 is 27.9 Å². The molecule has 0 bridgehead atoms. The largest absolute Gasteiger partial charge is 0.481 e. The van der Waals surface area contributed by atoms with Gasteiger partial charge in [-0.15, -0.1) is 0 Å². The van der Waals surface area contributed by atoms with E-state index in [1.54, 1.807) is 0 Å². The number of nitrogens with one attached hydrogen (secondary N) is 1. The molecule has 0 saturated carbocycles. The van der Waals surface area contributed by atoms with Crippen LogP contribution in [0.25, 0.3) is 0 Å². The van der Waals surface area contributed by atoms with Gasteiger partial charge in [0.25, 0.3) is 0 Å². The number of halogens is 3. The van der Waals surface area contributed by atoms with Crippen LogP contribution in [0.3, 0.4) is 0 Å². The molecule has 1 fully saturated rings. The van der Waals surface area contributed by atoms with E-state index in [9.17, 15) is 22.8 Å². The smallest absolute Gasteiger partial charge is 0.441 e. The SMILES string of the molecule is O=C(O)C1CCN(C(=O)NCCSC(F)(F)F)C1. The highest BCUT2D eigenvalue weighted by Crippen LogP contribution is 2.29. The Kier molecular flexibility index (Phi) is 5.12. The Morgan fingerprint density at radius 3 is 2.61 bits per heavy atom. The van der Waals surface area contributed by atoms with Gasteiger partial charge < -0.3 is 15.3 Å². The van der Waals surface area contributed by atoms with E-state index in [1.807, 2.05) is 0 Å². The highest BCUT2D eigenvalue weighted by molar-refractivity contribution is 8.00. The lowest BCUT2D eigenvalue weighted by molar-refractivity contribution is -0.141. The molecular weight excluding hydrogens is 273 g/mol. The fraction of sp³-hybridized carbons (Fsp3) is 0.778. The number of carbonyl (C=O) groups excluding carboxylic acids is 1. The van der Waals surface area contributed by atoms with Crippen molar-refractivity contribution in [2.45, 2.75) is 11.9 Å². The fourth-order valence-corrected chi connectivity index (χ4v) is 2.02. The molecule has 0 aliphatic carbocycles. The number of alkyl halides is 3. The van der Waals surface area contributed by atoms with Gasteiger partial charge in [0, 0.05) is 25.4 Å². The van der Waals surface area contributed by atoms with E-state index in [1.165, 1.54) is 4.90 Å². The molecule has 1 rings (SSSR count). The topological polar surface area (TPSA) is 69.6 Å². The molecule has 1 saturated heterocycles. The van der Waals surface area contributed by atoms with Crippen LogP contribution in [0.15, 0.2) is 0 Å². The lowest BCUT2D eigenvalue weighted by Crippen LogP contribution is -2.40. The summed E-state index contributed by atoms with van der Waals surface area (Å²) in [4.78, 5) is 23.4. The predicted molar refractivity (Wildman–Crippen MR) is 59.2 cm³/mol. The number of urea groups is 1. The number of carboxylic acids is 1. The van der Waals surface area contributed by atoms with Crippen LogP contribution >= 0.6 is 11.8 Å². The average Bonchev–Trinajstić information content (AvgIpc) is 2.72. The van der Waals surface area contributed by atoms with Gasteiger partial charge >= 0.3 is 17.5 Å². The summed E-state index contributed by atoms with van der Waals surface area (Å²) >= 11 is -0.204. The number of amides is 2. The Morgan fingerprint density at radius 2 is 2.11 bits per heavy atom. The van der Waals surface area contributed by atoms with E-state index in [0.717, 1.165) is 0 Å². The van der Waals surface area contributed by atoms with Gasteiger partial charge in [-0.1, -0.05) is 0 Å². The van der Waals surface area contributed by atoms with Crippen LogP contribution in [0.5, 0.6) is 0 Å². The summed E-state index contributed by atoms with van der Waals surface area (Å²) in [7, 11) is 0. The third-order valence-corrected chi connectivity index (χ3v) is 3.20. The van der Waals surface area contributed by atoms with Crippen LogP contribution in [0.1, 0.15) is 6.42 Å². The van der Waals surface area contributed by atoms with Crippen LogP contribution in [0, 0.1) is 5.92 Å². The first-order valence-electron chi connectivity index (χ1n) is 5.26. The zero-order chi connectivity index (χ0) is 13.8. The minimum Gasteiger partial charge on any atom is -0.481 e. The monoisotopic (exact) mass is 286 g/mol. The number of rotatable bonds is 4. The van der Waals surface area contributed by atoms with Crippen LogP contribution in [-0.4, -0.2) is 52.9 Å². The number of nitrogens with zero attached hydrogens (tertiary/aromatic N) is 1. The van der Waals surface area contributed by atoms with Crippen molar-refractivity contribution in [1.82, 2.24) is 10.2 Å². The molecule has 1 heterocycles. The Balaban J connectivity index is 2.20. The van der Waals surface area contributed by atoms with Gasteiger partial charge in [0.15, 0.2) is 0 Å². The van der Waals surface area contributed by atoms with Gasteiger partial charge in [0.05, 0.1) is 5.92 Å². The Morgan fingerprint density at radius 1 is 1.44 bits per heavy atom. The zero-order valence-corrected chi connectivity index (χ0v) is 10.2. The molecule has 1 atom stereocenters. The molecule has 104 valence electrons. The molecule has 0 radical (unpaired) electrons. The second kappa shape index (κ2) is 6.17. The molecule has 1 unspecified atom stereocenters. The number of aliphatic carboxylic acids is 1. The van der Waals surface area contributed by atoms with Gasteiger partial charge in [0.2, 0.25) is 0 Å². The Hall–Kier alpha value is -1.12. The molecule has 0 aromatic rings. The lowest BCUT2D eigenvalue weighted by Gasteiger charge is -2.16. The number of thioether (sulfide) groups is 1. The van der Waals surface area contributed by atoms with Crippen LogP contribution in [0.4, 0.5) is 18.0 Å². The highest BCUT2D eigenvalue weighted by atomic mass is 32.2. The average molecular weight is 286 g/mol. The molecule has 1 aliphatic heterocycles. The zero-order valence-electron chi connectivity index (χ0n) is 9.37. The number of hydrogen-bond donors (Lipinski definition) is 2. The summed E-state index contributed by atoms with van der Waals surface area (Å²) in [6.45, 7) is 0.319. The van der Waals surface area contributed by atoms with E-state index in [4.69, 9.17) is 5.11 Å². The minimum absolute atomic E-state index is 0.1000. The second-order valence-corrected chi connectivity index (χ2v) is 4.96. The predicted octanol–water partition coefficient (Wildman–Crippen LogP) is 1.36. The molecule has 1 aliphatic rings. The van der Waals surface area contributed by atoms with Crippen molar-refractivity contribution in [3.63, 3.8) is 0 Å². The van der Waals surface area contributed by atoms with Crippen molar-refractivity contribution in [3.05, 3.63) is 0 Å². The van der Waals surface area contributed by atoms with Crippen molar-refractivity contribution >= 4 is 23.8 Å². The van der Waals surface area contributed by atoms with Crippen LogP contribution in [-0.2, 0) is 4.79 Å². The van der Waals surface area contributed by atoms with Crippen molar-refractivity contribution in [1.29, 1.82) is 0 Å². The molecule has 18 heavy (non-hydrogen) atoms. The van der Waals surface area contributed by atoms with E-state index < -0.39 is 23.4 Å². The lowest BCUT2D eigenvalue weighted by atomic mass is 10.1. The van der Waals surface area contributed by atoms with E-state index in [2.05, 4.69) is 5.32 Å².